The topological polar surface area (TPSA) is 47.6 Å². The molecule has 1 heterocycles. The van der Waals surface area contributed by atoms with Crippen LogP contribution in [0.5, 0.6) is 0 Å². The molecule has 0 bridgehead atoms. The molecule has 0 aromatic heterocycles. The zero-order chi connectivity index (χ0) is 15.5. The molecule has 1 aliphatic heterocycles. The fraction of sp³-hybridized carbons (Fsp3) is 0.562. The lowest BCUT2D eigenvalue weighted by Gasteiger charge is -2.38. The maximum atomic E-state index is 12.2. The molecule has 1 aromatic carbocycles. The van der Waals surface area contributed by atoms with Crippen LogP contribution in [-0.2, 0) is 15.0 Å². The zero-order valence-corrected chi connectivity index (χ0v) is 14.3. The summed E-state index contributed by atoms with van der Waals surface area (Å²) in [5.74, 6) is 0. The van der Waals surface area contributed by atoms with Crippen LogP contribution in [0, 0.1) is 0 Å². The molecule has 5 heteroatoms. The van der Waals surface area contributed by atoms with E-state index >= 15 is 0 Å². The Bertz CT molecular complexity index is 487. The van der Waals surface area contributed by atoms with Gasteiger partial charge in [-0.25, -0.2) is 4.79 Å². The average Bonchev–Trinajstić information content (AvgIpc) is 2.38. The predicted octanol–water partition coefficient (Wildman–Crippen LogP) is 3.98. The van der Waals surface area contributed by atoms with Crippen LogP contribution in [0.3, 0.4) is 0 Å². The highest BCUT2D eigenvalue weighted by molar-refractivity contribution is 9.10. The average molecular weight is 356 g/mol. The van der Waals surface area contributed by atoms with Crippen molar-refractivity contribution in [1.82, 2.24) is 5.32 Å². The van der Waals surface area contributed by atoms with E-state index in [1.165, 1.54) is 0 Å². The molecule has 0 unspecified atom stereocenters. The molecule has 116 valence electrons. The third-order valence-electron chi connectivity index (χ3n) is 3.48. The Morgan fingerprint density at radius 2 is 1.81 bits per heavy atom. The highest BCUT2D eigenvalue weighted by atomic mass is 79.9. The normalized spacial score (nSPS) is 18.1. The molecule has 1 N–H and O–H groups in total. The van der Waals surface area contributed by atoms with Gasteiger partial charge in [-0.2, -0.15) is 0 Å². The summed E-state index contributed by atoms with van der Waals surface area (Å²) >= 11 is 3.44. The highest BCUT2D eigenvalue weighted by Gasteiger charge is 2.37. The van der Waals surface area contributed by atoms with Crippen molar-refractivity contribution in [3.8, 4) is 0 Å². The van der Waals surface area contributed by atoms with Gasteiger partial charge in [0.25, 0.3) is 0 Å². The standard InChI is InChI=1S/C16H22BrNO3/c1-15(2,3)21-14(19)18-16(8-10-20-11-9-16)12-4-6-13(17)7-5-12/h4-7H,8-11H2,1-3H3,(H,18,19). The summed E-state index contributed by atoms with van der Waals surface area (Å²) in [4.78, 5) is 12.2. The van der Waals surface area contributed by atoms with Crippen molar-refractivity contribution in [3.05, 3.63) is 34.3 Å². The van der Waals surface area contributed by atoms with Gasteiger partial charge in [-0.05, 0) is 51.3 Å². The molecule has 21 heavy (non-hydrogen) atoms. The first-order chi connectivity index (χ1) is 9.81. The maximum absolute atomic E-state index is 12.2. The summed E-state index contributed by atoms with van der Waals surface area (Å²) in [7, 11) is 0. The van der Waals surface area contributed by atoms with Gasteiger partial charge in [0.2, 0.25) is 0 Å². The Labute approximate surface area is 134 Å². The van der Waals surface area contributed by atoms with E-state index in [1.54, 1.807) is 0 Å². The predicted molar refractivity (Wildman–Crippen MR) is 85.2 cm³/mol. The minimum Gasteiger partial charge on any atom is -0.444 e. The number of alkyl carbamates (subject to hydrolysis) is 1. The summed E-state index contributed by atoms with van der Waals surface area (Å²) in [5.41, 5.74) is 0.164. The van der Waals surface area contributed by atoms with E-state index in [2.05, 4.69) is 21.2 Å². The number of hydrogen-bond acceptors (Lipinski definition) is 3. The first-order valence-electron chi connectivity index (χ1n) is 7.16. The number of carbonyl (C=O) groups is 1. The molecule has 0 radical (unpaired) electrons. The van der Waals surface area contributed by atoms with Crippen molar-refractivity contribution < 1.29 is 14.3 Å². The second kappa shape index (κ2) is 6.36. The first kappa shape index (κ1) is 16.3. The smallest absolute Gasteiger partial charge is 0.408 e. The number of amides is 1. The number of halogens is 1. The number of rotatable bonds is 2. The van der Waals surface area contributed by atoms with Gasteiger partial charge in [-0.1, -0.05) is 28.1 Å². The number of carbonyl (C=O) groups excluding carboxylic acids is 1. The lowest BCUT2D eigenvalue weighted by atomic mass is 9.83. The Balaban J connectivity index is 2.21. The summed E-state index contributed by atoms with van der Waals surface area (Å²) in [5, 5.41) is 3.07. The maximum Gasteiger partial charge on any atom is 0.408 e. The first-order valence-corrected chi connectivity index (χ1v) is 7.95. The minimum atomic E-state index is -0.504. The Morgan fingerprint density at radius 3 is 2.33 bits per heavy atom. The van der Waals surface area contributed by atoms with Crippen LogP contribution in [0.25, 0.3) is 0 Å². The fourth-order valence-corrected chi connectivity index (χ4v) is 2.74. The molecule has 4 nitrogen and oxygen atoms in total. The van der Waals surface area contributed by atoms with Crippen molar-refractivity contribution in [2.24, 2.45) is 0 Å². The highest BCUT2D eigenvalue weighted by Crippen LogP contribution is 2.33. The number of hydrogen-bond donors (Lipinski definition) is 1. The molecule has 1 aliphatic rings. The number of ether oxygens (including phenoxy) is 2. The summed E-state index contributed by atoms with van der Waals surface area (Å²) < 4.78 is 11.9. The molecule has 1 aromatic rings. The lowest BCUT2D eigenvalue weighted by molar-refractivity contribution is 0.0157. The molecule has 0 spiro atoms. The van der Waals surface area contributed by atoms with Gasteiger partial charge in [0, 0.05) is 17.7 Å². The van der Waals surface area contributed by atoms with Gasteiger partial charge in [-0.3, -0.25) is 0 Å². The van der Waals surface area contributed by atoms with E-state index in [9.17, 15) is 4.79 Å². The van der Waals surface area contributed by atoms with Crippen LogP contribution < -0.4 is 5.32 Å². The van der Waals surface area contributed by atoms with Gasteiger partial charge in [0.1, 0.15) is 5.60 Å². The van der Waals surface area contributed by atoms with Crippen LogP contribution in [0.1, 0.15) is 39.2 Å². The van der Waals surface area contributed by atoms with E-state index in [-0.39, 0.29) is 6.09 Å². The second-order valence-corrected chi connectivity index (χ2v) is 7.24. The Hall–Kier alpha value is -1.07. The van der Waals surface area contributed by atoms with Gasteiger partial charge in [0.05, 0.1) is 5.54 Å². The fourth-order valence-electron chi connectivity index (χ4n) is 2.47. The summed E-state index contributed by atoms with van der Waals surface area (Å²) in [6.07, 6.45) is 1.11. The van der Waals surface area contributed by atoms with Crippen molar-refractivity contribution in [1.29, 1.82) is 0 Å². The quantitative estimate of drug-likeness (QED) is 0.872. The van der Waals surface area contributed by atoms with E-state index < -0.39 is 11.1 Å². The third kappa shape index (κ3) is 4.45. The zero-order valence-electron chi connectivity index (χ0n) is 12.7. The monoisotopic (exact) mass is 355 g/mol. The largest absolute Gasteiger partial charge is 0.444 e. The van der Waals surface area contributed by atoms with Gasteiger partial charge in [0.15, 0.2) is 0 Å². The van der Waals surface area contributed by atoms with Crippen LogP contribution in [0.4, 0.5) is 4.79 Å². The summed E-state index contributed by atoms with van der Waals surface area (Å²) in [6.45, 7) is 6.85. The van der Waals surface area contributed by atoms with Gasteiger partial charge < -0.3 is 14.8 Å². The van der Waals surface area contributed by atoms with E-state index in [1.807, 2.05) is 45.0 Å². The van der Waals surface area contributed by atoms with E-state index in [0.29, 0.717) is 13.2 Å². The number of nitrogens with one attached hydrogen (secondary N) is 1. The van der Waals surface area contributed by atoms with Crippen molar-refractivity contribution in [2.45, 2.75) is 44.8 Å². The summed E-state index contributed by atoms with van der Waals surface area (Å²) in [6, 6.07) is 8.05. The molecule has 2 rings (SSSR count). The molecule has 0 saturated carbocycles. The van der Waals surface area contributed by atoms with Crippen LogP contribution in [-0.4, -0.2) is 24.9 Å². The molecule has 1 fully saturated rings. The SMILES string of the molecule is CC(C)(C)OC(=O)NC1(c2ccc(Br)cc2)CCOCC1. The molecular weight excluding hydrogens is 334 g/mol. The minimum absolute atomic E-state index is 0.382. The lowest BCUT2D eigenvalue weighted by Crippen LogP contribution is -2.50. The van der Waals surface area contributed by atoms with Crippen molar-refractivity contribution in [3.63, 3.8) is 0 Å². The molecule has 1 amide bonds. The second-order valence-electron chi connectivity index (χ2n) is 6.33. The molecule has 1 saturated heterocycles. The van der Waals surface area contributed by atoms with Crippen molar-refractivity contribution >= 4 is 22.0 Å². The van der Waals surface area contributed by atoms with E-state index in [4.69, 9.17) is 9.47 Å². The Kier molecular flexibility index (Phi) is 4.94. The van der Waals surface area contributed by atoms with Crippen LogP contribution in [0.15, 0.2) is 28.7 Å². The van der Waals surface area contributed by atoms with Gasteiger partial charge in [-0.15, -0.1) is 0 Å². The molecule has 0 aliphatic carbocycles. The van der Waals surface area contributed by atoms with Crippen LogP contribution in [0.2, 0.25) is 0 Å². The molecular formula is C16H22BrNO3. The Morgan fingerprint density at radius 1 is 1.24 bits per heavy atom. The van der Waals surface area contributed by atoms with Gasteiger partial charge >= 0.3 is 6.09 Å². The van der Waals surface area contributed by atoms with E-state index in [0.717, 1.165) is 22.9 Å². The molecule has 0 atom stereocenters. The van der Waals surface area contributed by atoms with Crippen molar-refractivity contribution in [2.75, 3.05) is 13.2 Å². The third-order valence-corrected chi connectivity index (χ3v) is 4.01. The van der Waals surface area contributed by atoms with Crippen LogP contribution >= 0.6 is 15.9 Å². The number of benzene rings is 1.